The van der Waals surface area contributed by atoms with Gasteiger partial charge in [-0.05, 0) is 52.0 Å². The summed E-state index contributed by atoms with van der Waals surface area (Å²) in [6.45, 7) is 14.2. The van der Waals surface area contributed by atoms with Gasteiger partial charge >= 0.3 is 0 Å². The number of carbonyl (C=O) groups excluding carboxylic acids is 1. The first-order chi connectivity index (χ1) is 16.3. The van der Waals surface area contributed by atoms with E-state index in [2.05, 4.69) is 34.6 Å². The first-order valence-corrected chi connectivity index (χ1v) is 11.9. The smallest absolute Gasteiger partial charge is 0.244 e. The Morgan fingerprint density at radius 2 is 2.09 bits per heavy atom. The van der Waals surface area contributed by atoms with Crippen LogP contribution in [0.15, 0.2) is 70.8 Å². The molecule has 184 valence electrons. The van der Waals surface area contributed by atoms with Crippen molar-refractivity contribution < 1.29 is 9.53 Å². The molecule has 0 aliphatic heterocycles. The van der Waals surface area contributed by atoms with Gasteiger partial charge in [-0.2, -0.15) is 5.10 Å². The van der Waals surface area contributed by atoms with Gasteiger partial charge in [0.25, 0.3) is 0 Å². The van der Waals surface area contributed by atoms with E-state index in [0.717, 1.165) is 18.0 Å². The van der Waals surface area contributed by atoms with Gasteiger partial charge in [-0.15, -0.1) is 0 Å². The number of allylic oxidation sites excluding steroid dienone is 4. The van der Waals surface area contributed by atoms with E-state index in [1.165, 1.54) is 0 Å². The summed E-state index contributed by atoms with van der Waals surface area (Å²) in [4.78, 5) is 21.8. The van der Waals surface area contributed by atoms with E-state index < -0.39 is 0 Å². The van der Waals surface area contributed by atoms with Crippen LogP contribution in [0, 0.1) is 0 Å². The van der Waals surface area contributed by atoms with E-state index in [0.29, 0.717) is 35.9 Å². The third kappa shape index (κ3) is 7.48. The van der Waals surface area contributed by atoms with Crippen molar-refractivity contribution in [2.75, 3.05) is 33.3 Å². The number of likely N-dealkylation sites (N-methyl/N-ethyl adjacent to an activating group) is 1. The van der Waals surface area contributed by atoms with Crippen LogP contribution in [0.3, 0.4) is 0 Å². The Kier molecular flexibility index (Phi) is 10.9. The minimum absolute atomic E-state index is 0.0227. The fourth-order valence-corrected chi connectivity index (χ4v) is 3.85. The molecule has 0 radical (unpaired) electrons. The molecule has 1 aliphatic carbocycles. The maximum Gasteiger partial charge on any atom is 0.244 e. The molecule has 0 unspecified atom stereocenters. The molecule has 0 saturated heterocycles. The molecule has 1 amide bonds. The number of carbonyl (C=O) groups is 1. The first-order valence-electron chi connectivity index (χ1n) is 11.5. The number of methoxy groups -OCH3 is 1. The lowest BCUT2D eigenvalue weighted by atomic mass is 10.2. The highest BCUT2D eigenvalue weighted by atomic mass is 35.5. The number of rotatable bonds is 12. The summed E-state index contributed by atoms with van der Waals surface area (Å²) < 4.78 is 5.37. The molecule has 0 atom stereocenters. The van der Waals surface area contributed by atoms with Crippen LogP contribution >= 0.6 is 11.6 Å². The van der Waals surface area contributed by atoms with E-state index in [1.807, 2.05) is 56.0 Å². The van der Waals surface area contributed by atoms with Crippen LogP contribution in [0.25, 0.3) is 5.70 Å². The number of halogens is 1. The summed E-state index contributed by atoms with van der Waals surface area (Å²) in [5, 5.41) is 6.57. The van der Waals surface area contributed by atoms with Gasteiger partial charge in [-0.3, -0.25) is 14.8 Å². The number of hydrogen-bond acceptors (Lipinski definition) is 6. The number of pyridine rings is 1. The van der Waals surface area contributed by atoms with Crippen molar-refractivity contribution in [3.05, 3.63) is 71.4 Å². The molecule has 0 bridgehead atoms. The molecule has 2 rings (SSSR count). The molecule has 0 spiro atoms. The average molecular weight is 486 g/mol. The van der Waals surface area contributed by atoms with E-state index >= 15 is 0 Å². The Morgan fingerprint density at radius 3 is 2.68 bits per heavy atom. The zero-order chi connectivity index (χ0) is 25.1. The Balaban J connectivity index is 2.09. The third-order valence-corrected chi connectivity index (χ3v) is 5.86. The zero-order valence-corrected chi connectivity index (χ0v) is 21.6. The minimum Gasteiger partial charge on any atom is -0.499 e. The van der Waals surface area contributed by atoms with Crippen molar-refractivity contribution in [3.63, 3.8) is 0 Å². The van der Waals surface area contributed by atoms with Crippen molar-refractivity contribution in [2.45, 2.75) is 40.2 Å². The van der Waals surface area contributed by atoms with Gasteiger partial charge < -0.3 is 14.5 Å². The number of ether oxygens (including phenoxy) is 1. The predicted octanol–water partition coefficient (Wildman–Crippen LogP) is 4.86. The highest BCUT2D eigenvalue weighted by Gasteiger charge is 2.22. The molecular formula is C26H36ClN5O2. The lowest BCUT2D eigenvalue weighted by Gasteiger charge is -2.33. The molecule has 7 nitrogen and oxygen atoms in total. The monoisotopic (exact) mass is 485 g/mol. The van der Waals surface area contributed by atoms with Crippen LogP contribution in [-0.4, -0.2) is 71.2 Å². The zero-order valence-electron chi connectivity index (χ0n) is 20.9. The number of amides is 1. The largest absolute Gasteiger partial charge is 0.499 e. The normalized spacial score (nSPS) is 13.7. The SMILES string of the molecule is C=C(c1ccccn1)N(CC(=O)N(CCN(CC)C1=CCC(OC)=C(Cl)C=C1)C(C)C)/N=C/C. The quantitative estimate of drug-likeness (QED) is 0.312. The van der Waals surface area contributed by atoms with Crippen LogP contribution in [0.2, 0.25) is 0 Å². The van der Waals surface area contributed by atoms with Gasteiger partial charge in [0.05, 0.1) is 23.5 Å². The summed E-state index contributed by atoms with van der Waals surface area (Å²) in [6, 6.07) is 5.62. The fourth-order valence-electron chi connectivity index (χ4n) is 3.63. The highest BCUT2D eigenvalue weighted by Crippen LogP contribution is 2.23. The number of aromatic nitrogens is 1. The maximum absolute atomic E-state index is 13.3. The van der Waals surface area contributed by atoms with E-state index in [-0.39, 0.29) is 18.5 Å². The van der Waals surface area contributed by atoms with E-state index in [4.69, 9.17) is 16.3 Å². The van der Waals surface area contributed by atoms with Crippen molar-refractivity contribution in [1.29, 1.82) is 0 Å². The second-order valence-electron chi connectivity index (χ2n) is 8.00. The van der Waals surface area contributed by atoms with Crippen molar-refractivity contribution in [3.8, 4) is 0 Å². The molecule has 0 saturated carbocycles. The summed E-state index contributed by atoms with van der Waals surface area (Å²) in [6.07, 6.45) is 9.93. The van der Waals surface area contributed by atoms with E-state index in [9.17, 15) is 4.79 Å². The Morgan fingerprint density at radius 1 is 1.32 bits per heavy atom. The van der Waals surface area contributed by atoms with Gasteiger partial charge in [0.15, 0.2) is 0 Å². The molecule has 1 aromatic heterocycles. The Labute approximate surface area is 208 Å². The van der Waals surface area contributed by atoms with Crippen LogP contribution in [0.4, 0.5) is 0 Å². The molecule has 8 heteroatoms. The molecule has 0 N–H and O–H groups in total. The highest BCUT2D eigenvalue weighted by molar-refractivity contribution is 6.31. The Bertz CT molecular complexity index is 953. The second-order valence-corrected chi connectivity index (χ2v) is 8.40. The fraction of sp³-hybridized carbons (Fsp3) is 0.423. The average Bonchev–Trinajstić information content (AvgIpc) is 3.02. The van der Waals surface area contributed by atoms with Crippen molar-refractivity contribution in [1.82, 2.24) is 19.8 Å². The molecule has 0 fully saturated rings. The Hall–Kier alpha value is -3.06. The second kappa shape index (κ2) is 13.6. The molecular weight excluding hydrogens is 450 g/mol. The number of hydrazone groups is 1. The van der Waals surface area contributed by atoms with Crippen molar-refractivity contribution in [2.24, 2.45) is 5.10 Å². The van der Waals surface area contributed by atoms with Gasteiger partial charge in [0.1, 0.15) is 12.3 Å². The van der Waals surface area contributed by atoms with Crippen molar-refractivity contribution >= 4 is 29.4 Å². The number of nitrogens with zero attached hydrogens (tertiary/aromatic N) is 5. The van der Waals surface area contributed by atoms with E-state index in [1.54, 1.807) is 24.5 Å². The summed E-state index contributed by atoms with van der Waals surface area (Å²) >= 11 is 6.29. The summed E-state index contributed by atoms with van der Waals surface area (Å²) in [5.41, 5.74) is 2.33. The van der Waals surface area contributed by atoms with Crippen LogP contribution in [-0.2, 0) is 9.53 Å². The third-order valence-electron chi connectivity index (χ3n) is 5.52. The van der Waals surface area contributed by atoms with Gasteiger partial charge in [0, 0.05) is 50.2 Å². The molecule has 1 aromatic rings. The van der Waals surface area contributed by atoms with Crippen LogP contribution < -0.4 is 0 Å². The number of hydrogen-bond donors (Lipinski definition) is 0. The summed E-state index contributed by atoms with van der Waals surface area (Å²) in [5.74, 6) is 0.721. The molecule has 1 aliphatic rings. The lowest BCUT2D eigenvalue weighted by Crippen LogP contribution is -2.45. The lowest BCUT2D eigenvalue weighted by molar-refractivity contribution is -0.133. The van der Waals surface area contributed by atoms with Crippen LogP contribution in [0.5, 0.6) is 0 Å². The standard InChI is InChI=1S/C26H36ClN5O2/c1-7-29-32(21(5)24-11-9-10-16-28-24)19-26(33)31(20(3)4)18-17-30(8-2)22-12-14-23(27)25(34-6)15-13-22/h7,9-14,16,20H,5,8,15,17-19H2,1-4,6H3/b29-7+. The van der Waals surface area contributed by atoms with Gasteiger partial charge in [-0.25, -0.2) is 0 Å². The first kappa shape index (κ1) is 27.2. The minimum atomic E-state index is -0.0227. The maximum atomic E-state index is 13.3. The topological polar surface area (TPSA) is 61.3 Å². The molecule has 34 heavy (non-hydrogen) atoms. The summed E-state index contributed by atoms with van der Waals surface area (Å²) in [7, 11) is 1.63. The van der Waals surface area contributed by atoms with Gasteiger partial charge in [0.2, 0.25) is 5.91 Å². The van der Waals surface area contributed by atoms with Gasteiger partial charge in [-0.1, -0.05) is 30.3 Å². The molecule has 0 aromatic carbocycles. The molecule has 1 heterocycles. The van der Waals surface area contributed by atoms with Crippen LogP contribution in [0.1, 0.15) is 39.8 Å². The predicted molar refractivity (Wildman–Crippen MR) is 140 cm³/mol.